The Morgan fingerprint density at radius 1 is 1.18 bits per heavy atom. The molecule has 2 aromatic rings. The summed E-state index contributed by atoms with van der Waals surface area (Å²) in [5.41, 5.74) is -2.83. The molecule has 2 rings (SSSR count). The number of hydrogen-bond acceptors (Lipinski definition) is 4. The largest absolute Gasteiger partial charge is 0.423 e. The monoisotopic (exact) mass is 590 g/mol. The predicted molar refractivity (Wildman–Crippen MR) is 127 cm³/mol. The lowest BCUT2D eigenvalue weighted by Crippen LogP contribution is -2.47. The fourth-order valence-corrected chi connectivity index (χ4v) is 3.92. The van der Waals surface area contributed by atoms with Gasteiger partial charge in [0.25, 0.3) is 0 Å². The Morgan fingerprint density at radius 2 is 1.79 bits per heavy atom. The van der Waals surface area contributed by atoms with Crippen LogP contribution in [0.25, 0.3) is 0 Å². The van der Waals surface area contributed by atoms with Gasteiger partial charge in [0, 0.05) is 23.8 Å². The van der Waals surface area contributed by atoms with E-state index in [1.54, 1.807) is 13.0 Å². The smallest absolute Gasteiger partial charge is 0.381 e. The van der Waals surface area contributed by atoms with Gasteiger partial charge in [-0.3, -0.25) is 4.79 Å². The first-order valence-electron chi connectivity index (χ1n) is 9.54. The van der Waals surface area contributed by atoms with Crippen molar-refractivity contribution < 1.29 is 27.8 Å². The molecule has 3 N–H and O–H groups in total. The molecule has 0 saturated carbocycles. The lowest BCUT2D eigenvalue weighted by atomic mass is 9.92. The molecule has 5 nitrogen and oxygen atoms in total. The van der Waals surface area contributed by atoms with Gasteiger partial charge in [0.15, 0.2) is 0 Å². The van der Waals surface area contributed by atoms with Gasteiger partial charge in [0.1, 0.15) is 0 Å². The van der Waals surface area contributed by atoms with Crippen molar-refractivity contribution in [3.8, 4) is 0 Å². The molecule has 0 spiro atoms. The number of rotatable bonds is 9. The maximum Gasteiger partial charge on any atom is 0.423 e. The average molecular weight is 593 g/mol. The van der Waals surface area contributed by atoms with Crippen molar-refractivity contribution in [3.63, 3.8) is 0 Å². The van der Waals surface area contributed by atoms with Crippen LogP contribution in [0.1, 0.15) is 24.5 Å². The number of benzene rings is 2. The second-order valence-corrected chi connectivity index (χ2v) is 9.35. The molecular weight excluding hydrogens is 571 g/mol. The second-order valence-electron chi connectivity index (χ2n) is 7.30. The van der Waals surface area contributed by atoms with Crippen molar-refractivity contribution in [2.24, 2.45) is 0 Å². The van der Waals surface area contributed by atoms with Crippen LogP contribution in [0.5, 0.6) is 0 Å². The minimum atomic E-state index is -5.04. The first-order chi connectivity index (χ1) is 15.3. The molecule has 1 amide bonds. The number of aliphatic hydroxyl groups is 1. The third kappa shape index (κ3) is 7.13. The van der Waals surface area contributed by atoms with Crippen LogP contribution in [0.15, 0.2) is 34.8 Å². The van der Waals surface area contributed by atoms with Crippen LogP contribution >= 0.6 is 50.7 Å². The predicted octanol–water partition coefficient (Wildman–Crippen LogP) is 6.31. The molecule has 0 fully saturated rings. The van der Waals surface area contributed by atoms with Gasteiger partial charge in [0.05, 0.1) is 34.1 Å². The molecule has 2 aromatic carbocycles. The van der Waals surface area contributed by atoms with Gasteiger partial charge in [-0.15, -0.1) is 0 Å². The summed E-state index contributed by atoms with van der Waals surface area (Å²) in [5.74, 6) is -0.200. The van der Waals surface area contributed by atoms with E-state index in [2.05, 4.69) is 26.6 Å². The lowest BCUT2D eigenvalue weighted by molar-refractivity contribution is -0.260. The van der Waals surface area contributed by atoms with E-state index in [-0.39, 0.29) is 40.0 Å². The minimum absolute atomic E-state index is 0.108. The number of ether oxygens (including phenoxy) is 1. The maximum atomic E-state index is 13.8. The number of carbonyl (C=O) groups is 1. The van der Waals surface area contributed by atoms with E-state index in [4.69, 9.17) is 39.5 Å². The zero-order valence-corrected chi connectivity index (χ0v) is 21.3. The molecule has 0 aliphatic carbocycles. The Balaban J connectivity index is 2.16. The minimum Gasteiger partial charge on any atom is -0.381 e. The summed E-state index contributed by atoms with van der Waals surface area (Å²) < 4.78 is 47.1. The second kappa shape index (κ2) is 11.5. The van der Waals surface area contributed by atoms with Gasteiger partial charge < -0.3 is 20.5 Å². The van der Waals surface area contributed by atoms with Crippen molar-refractivity contribution in [3.05, 3.63) is 61.0 Å². The van der Waals surface area contributed by atoms with E-state index in [0.29, 0.717) is 15.7 Å². The number of halogens is 7. The third-order valence-electron chi connectivity index (χ3n) is 4.88. The van der Waals surface area contributed by atoms with E-state index in [1.165, 1.54) is 19.2 Å². The van der Waals surface area contributed by atoms with Crippen LogP contribution in [-0.4, -0.2) is 36.9 Å². The standard InChI is InChI=1S/C21H21BrCl3F3N2O3/c1-11(33-2)5-18(31)29-9-12-3-4-14(8-15(12)22)30-10-20(32,21(26,27)28)13-6-16(23)19(25)17(24)7-13/h3-4,6-8,11,30,32H,5,9-10H2,1-2H3,(H,29,31)/t11-,20-/m0/s1. The molecule has 0 aliphatic rings. The molecule has 0 radical (unpaired) electrons. The molecule has 33 heavy (non-hydrogen) atoms. The van der Waals surface area contributed by atoms with Crippen molar-refractivity contribution in [1.29, 1.82) is 0 Å². The van der Waals surface area contributed by atoms with Gasteiger partial charge in [-0.05, 0) is 42.3 Å². The van der Waals surface area contributed by atoms with Gasteiger partial charge in [0.2, 0.25) is 11.5 Å². The van der Waals surface area contributed by atoms with Crippen LogP contribution in [0.3, 0.4) is 0 Å². The number of alkyl halides is 3. The Labute approximate surface area is 212 Å². The molecule has 0 aliphatic heterocycles. The van der Waals surface area contributed by atoms with E-state index in [9.17, 15) is 23.1 Å². The van der Waals surface area contributed by atoms with Gasteiger partial charge in [-0.2, -0.15) is 13.2 Å². The van der Waals surface area contributed by atoms with Gasteiger partial charge >= 0.3 is 6.18 Å². The number of nitrogens with one attached hydrogen (secondary N) is 2. The molecule has 0 bridgehead atoms. The normalized spacial score (nSPS) is 14.5. The van der Waals surface area contributed by atoms with Crippen molar-refractivity contribution in [2.45, 2.75) is 37.8 Å². The van der Waals surface area contributed by atoms with Crippen molar-refractivity contribution in [1.82, 2.24) is 5.32 Å². The van der Waals surface area contributed by atoms with E-state index in [0.717, 1.165) is 12.1 Å². The van der Waals surface area contributed by atoms with E-state index < -0.39 is 23.9 Å². The first-order valence-corrected chi connectivity index (χ1v) is 11.5. The first kappa shape index (κ1) is 28.0. The summed E-state index contributed by atoms with van der Waals surface area (Å²) in [7, 11) is 1.51. The average Bonchev–Trinajstić information content (AvgIpc) is 2.73. The highest BCUT2D eigenvalue weighted by molar-refractivity contribution is 9.10. The summed E-state index contributed by atoms with van der Waals surface area (Å²) in [6.45, 7) is 1.07. The lowest BCUT2D eigenvalue weighted by Gasteiger charge is -2.32. The number of methoxy groups -OCH3 is 1. The Bertz CT molecular complexity index is 987. The maximum absolute atomic E-state index is 13.8. The SMILES string of the molecule is CO[C@@H](C)CC(=O)NCc1ccc(NC[C@](O)(c2cc(Cl)c(Cl)c(Cl)c2)C(F)(F)F)cc1Br. The molecular formula is C21H21BrCl3F3N2O3. The number of amides is 1. The zero-order chi connectivity index (χ0) is 25.0. The summed E-state index contributed by atoms with van der Waals surface area (Å²) in [5, 5.41) is 15.4. The Morgan fingerprint density at radius 3 is 2.30 bits per heavy atom. The molecule has 182 valence electrons. The molecule has 12 heteroatoms. The van der Waals surface area contributed by atoms with Crippen LogP contribution in [-0.2, 0) is 21.7 Å². The molecule has 0 unspecified atom stereocenters. The third-order valence-corrected chi connectivity index (χ3v) is 6.82. The van der Waals surface area contributed by atoms with Crippen LogP contribution in [0, 0.1) is 0 Å². The topological polar surface area (TPSA) is 70.6 Å². The van der Waals surface area contributed by atoms with Gasteiger partial charge in [-0.25, -0.2) is 0 Å². The fourth-order valence-electron chi connectivity index (χ4n) is 2.80. The quantitative estimate of drug-likeness (QED) is 0.299. The zero-order valence-electron chi connectivity index (χ0n) is 17.5. The number of hydrogen-bond donors (Lipinski definition) is 3. The van der Waals surface area contributed by atoms with E-state index in [1.807, 2.05) is 0 Å². The number of anilines is 1. The summed E-state index contributed by atoms with van der Waals surface area (Å²) >= 11 is 20.9. The molecule has 0 aromatic heterocycles. The van der Waals surface area contributed by atoms with Crippen LogP contribution in [0.4, 0.5) is 18.9 Å². The Kier molecular flexibility index (Phi) is 9.73. The molecule has 2 atom stereocenters. The molecule has 0 saturated heterocycles. The van der Waals surface area contributed by atoms with Crippen molar-refractivity contribution >= 4 is 62.3 Å². The fraction of sp³-hybridized carbons (Fsp3) is 0.381. The highest BCUT2D eigenvalue weighted by atomic mass is 79.9. The van der Waals surface area contributed by atoms with Gasteiger partial charge in [-0.1, -0.05) is 56.8 Å². The summed E-state index contributed by atoms with van der Waals surface area (Å²) in [4.78, 5) is 11.9. The van der Waals surface area contributed by atoms with E-state index >= 15 is 0 Å². The van der Waals surface area contributed by atoms with Crippen LogP contribution < -0.4 is 10.6 Å². The highest BCUT2D eigenvalue weighted by Gasteiger charge is 2.55. The van der Waals surface area contributed by atoms with Crippen molar-refractivity contribution in [2.75, 3.05) is 19.0 Å². The summed E-state index contributed by atoms with van der Waals surface area (Å²) in [6.07, 6.45) is -5.07. The summed E-state index contributed by atoms with van der Waals surface area (Å²) in [6, 6.07) is 6.56. The number of carbonyl (C=O) groups excluding carboxylic acids is 1. The van der Waals surface area contributed by atoms with Crippen LogP contribution in [0.2, 0.25) is 15.1 Å². The molecule has 0 heterocycles. The highest BCUT2D eigenvalue weighted by Crippen LogP contribution is 2.43. The Hall–Kier alpha value is -1.23.